The largest absolute Gasteiger partial charge is 0.0616 e. The SMILES string of the molecule is Cc1cc2c(cc1C)-c1c(ccc3cc4ccccc4cc13)C2. The summed E-state index contributed by atoms with van der Waals surface area (Å²) in [5.74, 6) is 0. The van der Waals surface area contributed by atoms with Crippen LogP contribution in [0.5, 0.6) is 0 Å². The third-order valence-corrected chi connectivity index (χ3v) is 5.34. The second-order valence-electron chi connectivity index (χ2n) is 6.79. The number of aryl methyl sites for hydroxylation is 2. The van der Waals surface area contributed by atoms with Gasteiger partial charge in [-0.1, -0.05) is 48.5 Å². The van der Waals surface area contributed by atoms with Crippen molar-refractivity contribution in [2.24, 2.45) is 0 Å². The van der Waals surface area contributed by atoms with Crippen LogP contribution >= 0.6 is 0 Å². The van der Waals surface area contributed by atoms with E-state index in [0.717, 1.165) is 6.42 Å². The Bertz CT molecular complexity index is 1100. The highest BCUT2D eigenvalue weighted by molar-refractivity contribution is 6.07. The normalized spacial score (nSPS) is 12.6. The summed E-state index contributed by atoms with van der Waals surface area (Å²) in [5, 5.41) is 5.38. The quantitative estimate of drug-likeness (QED) is 0.299. The summed E-state index contributed by atoms with van der Waals surface area (Å²) in [6, 6.07) is 22.7. The predicted octanol–water partition coefficient (Wildman–Crippen LogP) is 6.18. The van der Waals surface area contributed by atoms with Crippen LogP contribution in [0, 0.1) is 13.8 Å². The summed E-state index contributed by atoms with van der Waals surface area (Å²) in [6.07, 6.45) is 1.06. The van der Waals surface area contributed by atoms with Crippen LogP contribution in [-0.4, -0.2) is 0 Å². The van der Waals surface area contributed by atoms with E-state index in [0.29, 0.717) is 0 Å². The van der Waals surface area contributed by atoms with Gasteiger partial charge >= 0.3 is 0 Å². The van der Waals surface area contributed by atoms with Gasteiger partial charge < -0.3 is 0 Å². The second kappa shape index (κ2) is 4.45. The minimum absolute atomic E-state index is 1.06. The zero-order chi connectivity index (χ0) is 15.6. The Hall–Kier alpha value is -2.60. The van der Waals surface area contributed by atoms with Crippen LogP contribution in [0.2, 0.25) is 0 Å². The molecular weight excluding hydrogens is 276 g/mol. The first-order valence-electron chi connectivity index (χ1n) is 8.25. The molecule has 0 spiro atoms. The van der Waals surface area contributed by atoms with Crippen LogP contribution < -0.4 is 0 Å². The summed E-state index contributed by atoms with van der Waals surface area (Å²) in [6.45, 7) is 4.43. The van der Waals surface area contributed by atoms with Crippen molar-refractivity contribution in [1.29, 1.82) is 0 Å². The highest BCUT2D eigenvalue weighted by Gasteiger charge is 2.21. The van der Waals surface area contributed by atoms with Crippen molar-refractivity contribution in [2.45, 2.75) is 20.3 Å². The molecule has 0 unspecified atom stereocenters. The zero-order valence-electron chi connectivity index (χ0n) is 13.5. The smallest absolute Gasteiger partial charge is 0.00131 e. The molecular formula is C23H18. The zero-order valence-corrected chi connectivity index (χ0v) is 13.5. The van der Waals surface area contributed by atoms with Gasteiger partial charge in [0.15, 0.2) is 0 Å². The van der Waals surface area contributed by atoms with Gasteiger partial charge in [0.1, 0.15) is 0 Å². The highest BCUT2D eigenvalue weighted by Crippen LogP contribution is 2.43. The first-order chi connectivity index (χ1) is 11.2. The average Bonchev–Trinajstić information content (AvgIpc) is 2.91. The van der Waals surface area contributed by atoms with Crippen molar-refractivity contribution >= 4 is 21.5 Å². The van der Waals surface area contributed by atoms with Gasteiger partial charge in [-0.3, -0.25) is 0 Å². The molecule has 0 saturated carbocycles. The van der Waals surface area contributed by atoms with E-state index in [-0.39, 0.29) is 0 Å². The maximum Gasteiger partial charge on any atom is -0.00131 e. The lowest BCUT2D eigenvalue weighted by Crippen LogP contribution is -1.86. The maximum absolute atomic E-state index is 2.38. The summed E-state index contributed by atoms with van der Waals surface area (Å²) < 4.78 is 0. The van der Waals surface area contributed by atoms with Gasteiger partial charge in [-0.15, -0.1) is 0 Å². The van der Waals surface area contributed by atoms with Crippen molar-refractivity contribution in [3.63, 3.8) is 0 Å². The Morgan fingerprint density at radius 2 is 1.39 bits per heavy atom. The topological polar surface area (TPSA) is 0 Å². The third-order valence-electron chi connectivity index (χ3n) is 5.34. The molecule has 0 bridgehead atoms. The van der Waals surface area contributed by atoms with E-state index in [1.165, 1.54) is 54.9 Å². The van der Waals surface area contributed by atoms with Gasteiger partial charge in [0.25, 0.3) is 0 Å². The van der Waals surface area contributed by atoms with Crippen molar-refractivity contribution in [1.82, 2.24) is 0 Å². The monoisotopic (exact) mass is 294 g/mol. The molecule has 0 aromatic heterocycles. The lowest BCUT2D eigenvalue weighted by atomic mass is 9.94. The fraction of sp³-hybridized carbons (Fsp3) is 0.130. The van der Waals surface area contributed by atoms with Crippen molar-refractivity contribution < 1.29 is 0 Å². The van der Waals surface area contributed by atoms with Crippen molar-refractivity contribution in [2.75, 3.05) is 0 Å². The van der Waals surface area contributed by atoms with E-state index in [9.17, 15) is 0 Å². The van der Waals surface area contributed by atoms with Crippen LogP contribution in [-0.2, 0) is 6.42 Å². The van der Waals surface area contributed by atoms with Gasteiger partial charge in [0.05, 0.1) is 0 Å². The average molecular weight is 294 g/mol. The van der Waals surface area contributed by atoms with Gasteiger partial charge in [-0.2, -0.15) is 0 Å². The first-order valence-corrected chi connectivity index (χ1v) is 8.25. The fourth-order valence-electron chi connectivity index (χ4n) is 3.98. The molecule has 4 aromatic rings. The molecule has 23 heavy (non-hydrogen) atoms. The molecule has 0 saturated heterocycles. The van der Waals surface area contributed by atoms with Gasteiger partial charge in [0.2, 0.25) is 0 Å². The summed E-state index contributed by atoms with van der Waals surface area (Å²) >= 11 is 0. The number of hydrogen-bond donors (Lipinski definition) is 0. The lowest BCUT2D eigenvalue weighted by molar-refractivity contribution is 1.23. The number of rotatable bonds is 0. The molecule has 0 heteroatoms. The fourth-order valence-corrected chi connectivity index (χ4v) is 3.98. The number of fused-ring (bicyclic) bond motifs is 6. The molecule has 4 aromatic carbocycles. The van der Waals surface area contributed by atoms with Crippen molar-refractivity contribution in [3.8, 4) is 11.1 Å². The van der Waals surface area contributed by atoms with Gasteiger partial charge in [0, 0.05) is 0 Å². The van der Waals surface area contributed by atoms with E-state index in [4.69, 9.17) is 0 Å². The van der Waals surface area contributed by atoms with Crippen molar-refractivity contribution in [3.05, 3.63) is 82.9 Å². The molecule has 5 rings (SSSR count). The highest BCUT2D eigenvalue weighted by atomic mass is 14.2. The maximum atomic E-state index is 2.38. The Labute approximate surface area is 136 Å². The van der Waals surface area contributed by atoms with E-state index in [1.54, 1.807) is 0 Å². The molecule has 0 heterocycles. The van der Waals surface area contributed by atoms with E-state index in [2.05, 4.69) is 74.5 Å². The van der Waals surface area contributed by atoms with E-state index >= 15 is 0 Å². The second-order valence-corrected chi connectivity index (χ2v) is 6.79. The van der Waals surface area contributed by atoms with Gasteiger partial charge in [-0.05, 0) is 87.3 Å². The predicted molar refractivity (Wildman–Crippen MR) is 99.2 cm³/mol. The molecule has 1 aliphatic carbocycles. The molecule has 0 N–H and O–H groups in total. The number of hydrogen-bond acceptors (Lipinski definition) is 0. The molecule has 1 aliphatic rings. The van der Waals surface area contributed by atoms with Crippen LogP contribution in [0.1, 0.15) is 22.3 Å². The van der Waals surface area contributed by atoms with E-state index < -0.39 is 0 Å². The van der Waals surface area contributed by atoms with Crippen LogP contribution in [0.4, 0.5) is 0 Å². The standard InChI is InChI=1S/C23H18/c1-14-9-20-12-19-8-7-18-11-16-5-3-4-6-17(16)13-22(18)23(19)21(20)10-15(14)2/h3-11,13H,12H2,1-2H3. The molecule has 0 fully saturated rings. The molecule has 110 valence electrons. The van der Waals surface area contributed by atoms with Gasteiger partial charge in [-0.25, -0.2) is 0 Å². The summed E-state index contributed by atoms with van der Waals surface area (Å²) in [5.41, 5.74) is 8.60. The molecule has 0 atom stereocenters. The number of benzene rings is 4. The molecule has 0 radical (unpaired) electrons. The van der Waals surface area contributed by atoms with Crippen LogP contribution in [0.25, 0.3) is 32.7 Å². The Morgan fingerprint density at radius 3 is 2.22 bits per heavy atom. The minimum Gasteiger partial charge on any atom is -0.0616 e. The van der Waals surface area contributed by atoms with Crippen LogP contribution in [0.3, 0.4) is 0 Å². The summed E-state index contributed by atoms with van der Waals surface area (Å²) in [4.78, 5) is 0. The molecule has 0 amide bonds. The molecule has 0 aliphatic heterocycles. The third kappa shape index (κ3) is 1.78. The first kappa shape index (κ1) is 12.9. The molecule has 0 nitrogen and oxygen atoms in total. The Balaban J connectivity index is 1.91. The lowest BCUT2D eigenvalue weighted by Gasteiger charge is -2.10. The van der Waals surface area contributed by atoms with Crippen LogP contribution in [0.15, 0.2) is 60.7 Å². The van der Waals surface area contributed by atoms with E-state index in [1.807, 2.05) is 0 Å². The summed E-state index contributed by atoms with van der Waals surface area (Å²) in [7, 11) is 0. The minimum atomic E-state index is 1.06. The Kier molecular flexibility index (Phi) is 2.50. The Morgan fingerprint density at radius 1 is 0.652 bits per heavy atom.